The number of rotatable bonds is 5. The van der Waals surface area contributed by atoms with Gasteiger partial charge in [0.2, 0.25) is 0 Å². The van der Waals surface area contributed by atoms with E-state index in [1.54, 1.807) is 6.92 Å². The Bertz CT molecular complexity index is 591. The highest BCUT2D eigenvalue weighted by molar-refractivity contribution is 5.21. The van der Waals surface area contributed by atoms with Crippen molar-refractivity contribution in [3.8, 4) is 0 Å². The normalized spacial score (nSPS) is 11.3. The average Bonchev–Trinajstić information content (AvgIpc) is 3.03. The molecule has 2 aromatic rings. The number of aliphatic hydroxyl groups excluding tert-OH is 1. The van der Waals surface area contributed by atoms with Crippen LogP contribution in [-0.4, -0.2) is 21.6 Å². The van der Waals surface area contributed by atoms with Crippen molar-refractivity contribution in [3.05, 3.63) is 34.5 Å². The van der Waals surface area contributed by atoms with Gasteiger partial charge in [-0.3, -0.25) is 0 Å². The fraction of sp³-hybridized carbons (Fsp3) is 0.600. The maximum absolute atomic E-state index is 11.9. The van der Waals surface area contributed by atoms with Crippen LogP contribution in [0.3, 0.4) is 0 Å². The Morgan fingerprint density at radius 2 is 1.83 bits per heavy atom. The zero-order valence-corrected chi connectivity index (χ0v) is 13.4. The second-order valence-electron chi connectivity index (χ2n) is 5.12. The Labute approximate surface area is 132 Å². The Hall–Kier alpha value is -1.83. The standard InChI is InChI=1S/C8H10F3NO2.C7H11NO/c1-5-6(4-13)7(12-14-5)2-3-8(9,10)11;1-3-4-7-5-6(2)9-8-7/h13H,2-4H2,1H3;5H,3-4H2,1-2H3. The number of alkyl halides is 3. The van der Waals surface area contributed by atoms with Crippen molar-refractivity contribution in [3.63, 3.8) is 0 Å². The molecule has 1 N–H and O–H groups in total. The van der Waals surface area contributed by atoms with Gasteiger partial charge in [0.15, 0.2) is 0 Å². The van der Waals surface area contributed by atoms with E-state index in [9.17, 15) is 13.2 Å². The van der Waals surface area contributed by atoms with E-state index in [-0.39, 0.29) is 18.7 Å². The van der Waals surface area contributed by atoms with E-state index in [1.807, 2.05) is 13.0 Å². The van der Waals surface area contributed by atoms with Crippen LogP contribution in [0, 0.1) is 13.8 Å². The van der Waals surface area contributed by atoms with E-state index in [0.717, 1.165) is 24.3 Å². The minimum atomic E-state index is -4.21. The lowest BCUT2D eigenvalue weighted by atomic mass is 10.1. The highest BCUT2D eigenvalue weighted by Gasteiger charge is 2.28. The second kappa shape index (κ2) is 8.71. The van der Waals surface area contributed by atoms with E-state index in [0.29, 0.717) is 11.3 Å². The molecule has 2 heterocycles. The number of halogens is 3. The molecule has 0 spiro atoms. The molecule has 0 fully saturated rings. The number of aliphatic hydroxyl groups is 1. The monoisotopic (exact) mass is 334 g/mol. The van der Waals surface area contributed by atoms with Crippen LogP contribution in [0.25, 0.3) is 0 Å². The predicted octanol–water partition coefficient (Wildman–Crippen LogP) is 3.91. The van der Waals surface area contributed by atoms with E-state index in [1.165, 1.54) is 0 Å². The van der Waals surface area contributed by atoms with Gasteiger partial charge in [-0.25, -0.2) is 0 Å². The lowest BCUT2D eigenvalue weighted by Gasteiger charge is -2.04. The lowest BCUT2D eigenvalue weighted by Crippen LogP contribution is -2.09. The molecule has 0 saturated heterocycles. The number of aromatic nitrogens is 2. The van der Waals surface area contributed by atoms with Crippen LogP contribution in [0.1, 0.15) is 48.2 Å². The Morgan fingerprint density at radius 3 is 2.30 bits per heavy atom. The first-order valence-electron chi connectivity index (χ1n) is 7.30. The van der Waals surface area contributed by atoms with Crippen LogP contribution in [0.2, 0.25) is 0 Å². The fourth-order valence-electron chi connectivity index (χ4n) is 1.89. The Morgan fingerprint density at radius 1 is 1.13 bits per heavy atom. The summed E-state index contributed by atoms with van der Waals surface area (Å²) in [6.07, 6.45) is -3.26. The summed E-state index contributed by atoms with van der Waals surface area (Å²) in [5.41, 5.74) is 1.60. The molecule has 0 aliphatic rings. The van der Waals surface area contributed by atoms with Gasteiger partial charge in [0.1, 0.15) is 11.5 Å². The van der Waals surface area contributed by atoms with Crippen LogP contribution in [0.5, 0.6) is 0 Å². The van der Waals surface area contributed by atoms with Gasteiger partial charge in [-0.15, -0.1) is 0 Å². The van der Waals surface area contributed by atoms with Gasteiger partial charge in [0.05, 0.1) is 18.0 Å². The largest absolute Gasteiger partial charge is 0.391 e. The summed E-state index contributed by atoms with van der Waals surface area (Å²) in [7, 11) is 0. The maximum Gasteiger partial charge on any atom is 0.389 e. The van der Waals surface area contributed by atoms with Crippen LogP contribution in [-0.2, 0) is 19.4 Å². The molecule has 23 heavy (non-hydrogen) atoms. The molecule has 8 heteroatoms. The van der Waals surface area contributed by atoms with E-state index in [4.69, 9.17) is 9.63 Å². The zero-order chi connectivity index (χ0) is 17.5. The van der Waals surface area contributed by atoms with Gasteiger partial charge < -0.3 is 14.2 Å². The van der Waals surface area contributed by atoms with Crippen LogP contribution in [0.4, 0.5) is 13.2 Å². The SMILES string of the molecule is CCCc1cc(C)on1.Cc1onc(CCC(F)(F)F)c1CO. The van der Waals surface area contributed by atoms with Gasteiger partial charge in [0.25, 0.3) is 0 Å². The summed E-state index contributed by atoms with van der Waals surface area (Å²) < 4.78 is 45.1. The van der Waals surface area contributed by atoms with Gasteiger partial charge in [-0.05, 0) is 20.3 Å². The van der Waals surface area contributed by atoms with Crippen molar-refractivity contribution in [2.45, 2.75) is 59.2 Å². The summed E-state index contributed by atoms with van der Waals surface area (Å²) in [4.78, 5) is 0. The highest BCUT2D eigenvalue weighted by Crippen LogP contribution is 2.23. The molecule has 0 aliphatic heterocycles. The number of hydrogen-bond donors (Lipinski definition) is 1. The van der Waals surface area contributed by atoms with E-state index < -0.39 is 12.6 Å². The topological polar surface area (TPSA) is 72.3 Å². The third-order valence-corrected chi connectivity index (χ3v) is 3.05. The molecular formula is C15H21F3N2O3. The molecule has 0 unspecified atom stereocenters. The van der Waals surface area contributed by atoms with Crippen LogP contribution >= 0.6 is 0 Å². The number of hydrogen-bond acceptors (Lipinski definition) is 5. The Kier molecular flexibility index (Phi) is 7.28. The van der Waals surface area contributed by atoms with Gasteiger partial charge in [-0.2, -0.15) is 13.2 Å². The first kappa shape index (κ1) is 19.2. The smallest absolute Gasteiger partial charge is 0.389 e. The molecule has 0 atom stereocenters. The minimum Gasteiger partial charge on any atom is -0.391 e. The molecule has 0 amide bonds. The maximum atomic E-state index is 11.9. The molecule has 2 rings (SSSR count). The summed E-state index contributed by atoms with van der Waals surface area (Å²) in [6.45, 7) is 5.24. The fourth-order valence-corrected chi connectivity index (χ4v) is 1.89. The predicted molar refractivity (Wildman–Crippen MR) is 76.8 cm³/mol. The van der Waals surface area contributed by atoms with Gasteiger partial charge >= 0.3 is 6.18 Å². The second-order valence-corrected chi connectivity index (χ2v) is 5.12. The first-order chi connectivity index (χ1) is 10.8. The zero-order valence-electron chi connectivity index (χ0n) is 13.4. The summed E-state index contributed by atoms with van der Waals surface area (Å²) in [5.74, 6) is 1.27. The van der Waals surface area contributed by atoms with Crippen molar-refractivity contribution in [2.75, 3.05) is 0 Å². The third kappa shape index (κ3) is 6.85. The molecule has 130 valence electrons. The van der Waals surface area contributed by atoms with Crippen LogP contribution in [0.15, 0.2) is 15.1 Å². The van der Waals surface area contributed by atoms with E-state index >= 15 is 0 Å². The molecule has 0 bridgehead atoms. The first-order valence-corrected chi connectivity index (χ1v) is 7.30. The molecule has 5 nitrogen and oxygen atoms in total. The Balaban J connectivity index is 0.000000253. The molecule has 0 radical (unpaired) electrons. The molecule has 0 saturated carbocycles. The van der Waals surface area contributed by atoms with Crippen molar-refractivity contribution in [2.24, 2.45) is 0 Å². The molecule has 0 aliphatic carbocycles. The summed E-state index contributed by atoms with van der Waals surface area (Å²) in [6, 6.07) is 1.98. The van der Waals surface area contributed by atoms with Gasteiger partial charge in [0, 0.05) is 24.5 Å². The molecule has 0 aromatic carbocycles. The van der Waals surface area contributed by atoms with Crippen molar-refractivity contribution in [1.29, 1.82) is 0 Å². The van der Waals surface area contributed by atoms with Crippen molar-refractivity contribution >= 4 is 0 Å². The minimum absolute atomic E-state index is 0.183. The summed E-state index contributed by atoms with van der Waals surface area (Å²) in [5, 5.41) is 16.1. The molecular weight excluding hydrogens is 313 g/mol. The van der Waals surface area contributed by atoms with Crippen molar-refractivity contribution < 1.29 is 27.3 Å². The van der Waals surface area contributed by atoms with Crippen LogP contribution < -0.4 is 0 Å². The quantitative estimate of drug-likeness (QED) is 0.897. The van der Waals surface area contributed by atoms with Crippen molar-refractivity contribution in [1.82, 2.24) is 10.3 Å². The lowest BCUT2D eigenvalue weighted by molar-refractivity contribution is -0.134. The van der Waals surface area contributed by atoms with Gasteiger partial charge in [-0.1, -0.05) is 23.7 Å². The number of aryl methyl sites for hydroxylation is 4. The molecule has 2 aromatic heterocycles. The third-order valence-electron chi connectivity index (χ3n) is 3.05. The number of nitrogens with zero attached hydrogens (tertiary/aromatic N) is 2. The summed E-state index contributed by atoms with van der Waals surface area (Å²) >= 11 is 0. The average molecular weight is 334 g/mol. The van der Waals surface area contributed by atoms with E-state index in [2.05, 4.69) is 21.8 Å². The highest BCUT2D eigenvalue weighted by atomic mass is 19.4.